The van der Waals surface area contributed by atoms with E-state index in [0.717, 1.165) is 12.8 Å². The number of nitrogens with zero attached hydrogens (tertiary/aromatic N) is 1. The summed E-state index contributed by atoms with van der Waals surface area (Å²) in [5.41, 5.74) is 0. The van der Waals surface area contributed by atoms with Gasteiger partial charge in [0.2, 0.25) is 11.9 Å². The molecule has 0 rings (SSSR count). The predicted octanol–water partition coefficient (Wildman–Crippen LogP) is 7.64. The van der Waals surface area contributed by atoms with Crippen LogP contribution < -0.4 is 5.32 Å². The third-order valence-corrected chi connectivity index (χ3v) is 6.92. The van der Waals surface area contributed by atoms with E-state index in [1.807, 2.05) is 28.1 Å². The molecule has 0 bridgehead atoms. The minimum atomic E-state index is -0.857. The standard InChI is InChI=1S/C30H58N2O3/c1-6-8-9-10-11-12-13-14-15-16-17-18-19-20-21-22-23-24-25-26-28(33)31-27(7-2)29(30(34)35)32(3,4)5/h14-15,27,29H,6-13,16-26H2,1-5H3,(H-,31,33,34,35)/p+1/b15-14-. The van der Waals surface area contributed by atoms with E-state index < -0.39 is 12.0 Å². The molecule has 2 N–H and O–H groups in total. The van der Waals surface area contributed by atoms with Gasteiger partial charge in [0, 0.05) is 6.42 Å². The highest BCUT2D eigenvalue weighted by Gasteiger charge is 2.39. The summed E-state index contributed by atoms with van der Waals surface area (Å²) in [4.78, 5) is 24.0. The fraction of sp³-hybridized carbons (Fsp3) is 0.867. The Bertz CT molecular complexity index is 554. The maximum Gasteiger partial charge on any atom is 0.364 e. The molecule has 0 aliphatic carbocycles. The van der Waals surface area contributed by atoms with Crippen molar-refractivity contribution < 1.29 is 19.2 Å². The molecule has 0 aliphatic rings. The predicted molar refractivity (Wildman–Crippen MR) is 150 cm³/mol. The van der Waals surface area contributed by atoms with Crippen molar-refractivity contribution in [2.45, 2.75) is 148 Å². The van der Waals surface area contributed by atoms with Crippen molar-refractivity contribution in [2.24, 2.45) is 0 Å². The molecule has 0 spiro atoms. The van der Waals surface area contributed by atoms with Gasteiger partial charge in [-0.1, -0.05) is 103 Å². The molecule has 0 aliphatic heterocycles. The monoisotopic (exact) mass is 495 g/mol. The summed E-state index contributed by atoms with van der Waals surface area (Å²) in [6, 6.07) is -0.971. The highest BCUT2D eigenvalue weighted by Crippen LogP contribution is 2.14. The SMILES string of the molecule is CCCCCCCC/C=C\CCCCCCCCCCCC(=O)NC(CC)C(C(=O)O)[N+](C)(C)C. The van der Waals surface area contributed by atoms with E-state index in [-0.39, 0.29) is 11.9 Å². The summed E-state index contributed by atoms with van der Waals surface area (Å²) < 4.78 is 0.296. The number of quaternary nitrogens is 1. The lowest BCUT2D eigenvalue weighted by atomic mass is 10.0. The minimum absolute atomic E-state index is 0.0161. The van der Waals surface area contributed by atoms with Gasteiger partial charge in [0.25, 0.3) is 0 Å². The minimum Gasteiger partial charge on any atom is -0.477 e. The van der Waals surface area contributed by atoms with Crippen molar-refractivity contribution in [1.29, 1.82) is 0 Å². The molecular weight excluding hydrogens is 436 g/mol. The smallest absolute Gasteiger partial charge is 0.364 e. The van der Waals surface area contributed by atoms with Crippen LogP contribution in [0.3, 0.4) is 0 Å². The first-order valence-electron chi connectivity index (χ1n) is 14.7. The van der Waals surface area contributed by atoms with Crippen LogP contribution in [0.15, 0.2) is 12.2 Å². The molecule has 0 aromatic heterocycles. The van der Waals surface area contributed by atoms with Crippen molar-refractivity contribution >= 4 is 11.9 Å². The van der Waals surface area contributed by atoms with Gasteiger partial charge in [-0.15, -0.1) is 0 Å². The Morgan fingerprint density at radius 1 is 0.714 bits per heavy atom. The zero-order chi connectivity index (χ0) is 26.4. The van der Waals surface area contributed by atoms with E-state index in [9.17, 15) is 14.7 Å². The molecule has 0 radical (unpaired) electrons. The first-order valence-corrected chi connectivity index (χ1v) is 14.7. The Hall–Kier alpha value is -1.36. The lowest BCUT2D eigenvalue weighted by molar-refractivity contribution is -0.888. The molecule has 0 heterocycles. The maximum atomic E-state index is 12.3. The number of amides is 1. The second-order valence-electron chi connectivity index (χ2n) is 11.2. The number of carbonyl (C=O) groups excluding carboxylic acids is 1. The summed E-state index contributed by atoms with van der Waals surface area (Å²) in [7, 11) is 5.59. The van der Waals surface area contributed by atoms with Gasteiger partial charge >= 0.3 is 5.97 Å². The van der Waals surface area contributed by atoms with Crippen molar-refractivity contribution in [3.8, 4) is 0 Å². The molecule has 0 fully saturated rings. The van der Waals surface area contributed by atoms with Gasteiger partial charge in [-0.25, -0.2) is 4.79 Å². The quantitative estimate of drug-likeness (QED) is 0.0821. The largest absolute Gasteiger partial charge is 0.477 e. The highest BCUT2D eigenvalue weighted by atomic mass is 16.4. The number of carboxylic acids is 1. The van der Waals surface area contributed by atoms with E-state index in [4.69, 9.17) is 0 Å². The van der Waals surface area contributed by atoms with Crippen LogP contribution >= 0.6 is 0 Å². The first kappa shape index (κ1) is 33.6. The fourth-order valence-corrected chi connectivity index (χ4v) is 4.79. The second kappa shape index (κ2) is 21.9. The van der Waals surface area contributed by atoms with Crippen LogP contribution in [0.2, 0.25) is 0 Å². The molecule has 5 nitrogen and oxygen atoms in total. The van der Waals surface area contributed by atoms with Crippen LogP contribution in [0.5, 0.6) is 0 Å². The van der Waals surface area contributed by atoms with Crippen molar-refractivity contribution in [1.82, 2.24) is 5.32 Å². The summed E-state index contributed by atoms with van der Waals surface area (Å²) in [6.45, 7) is 4.21. The van der Waals surface area contributed by atoms with E-state index in [1.54, 1.807) is 0 Å². The molecule has 0 saturated carbocycles. The lowest BCUT2D eigenvalue weighted by Crippen LogP contribution is -2.60. The van der Waals surface area contributed by atoms with Gasteiger partial charge in [0.1, 0.15) is 0 Å². The number of likely N-dealkylation sites (N-methyl/N-ethyl adjacent to an activating group) is 1. The summed E-state index contributed by atoms with van der Waals surface area (Å²) >= 11 is 0. The fourth-order valence-electron chi connectivity index (χ4n) is 4.79. The number of carboxylic acid groups (broad SMARTS) is 1. The van der Waals surface area contributed by atoms with Crippen LogP contribution in [0, 0.1) is 0 Å². The van der Waals surface area contributed by atoms with Crippen molar-refractivity contribution in [3.05, 3.63) is 12.2 Å². The van der Waals surface area contributed by atoms with Crippen LogP contribution in [0.4, 0.5) is 0 Å². The Labute approximate surface area is 217 Å². The summed E-state index contributed by atoms with van der Waals surface area (Å²) in [5, 5.41) is 12.6. The second-order valence-corrected chi connectivity index (χ2v) is 11.2. The van der Waals surface area contributed by atoms with Gasteiger partial charge in [-0.05, 0) is 38.5 Å². The van der Waals surface area contributed by atoms with Crippen LogP contribution in [0.1, 0.15) is 136 Å². The Balaban J connectivity index is 3.63. The molecular formula is C30H59N2O3+. The average Bonchev–Trinajstić information content (AvgIpc) is 2.78. The molecule has 35 heavy (non-hydrogen) atoms. The van der Waals surface area contributed by atoms with Gasteiger partial charge in [0.15, 0.2) is 0 Å². The summed E-state index contributed by atoms with van der Waals surface area (Å²) in [6.07, 6.45) is 27.6. The molecule has 0 aromatic rings. The Morgan fingerprint density at radius 3 is 1.54 bits per heavy atom. The Kier molecular flexibility index (Phi) is 21.0. The van der Waals surface area contributed by atoms with Crippen LogP contribution in [0.25, 0.3) is 0 Å². The molecule has 0 aromatic carbocycles. The molecule has 2 atom stereocenters. The van der Waals surface area contributed by atoms with E-state index in [2.05, 4.69) is 24.4 Å². The normalized spacial score (nSPS) is 13.7. The van der Waals surface area contributed by atoms with Gasteiger partial charge in [-0.3, -0.25) is 4.79 Å². The topological polar surface area (TPSA) is 66.4 Å². The van der Waals surface area contributed by atoms with Crippen molar-refractivity contribution in [3.63, 3.8) is 0 Å². The number of allylic oxidation sites excluding steroid dienone is 2. The lowest BCUT2D eigenvalue weighted by Gasteiger charge is -2.36. The van der Waals surface area contributed by atoms with E-state index in [1.165, 1.54) is 96.3 Å². The third kappa shape index (κ3) is 19.5. The Morgan fingerprint density at radius 2 is 1.14 bits per heavy atom. The highest BCUT2D eigenvalue weighted by molar-refractivity contribution is 5.78. The average molecular weight is 496 g/mol. The third-order valence-electron chi connectivity index (χ3n) is 6.92. The van der Waals surface area contributed by atoms with Crippen molar-refractivity contribution in [2.75, 3.05) is 21.1 Å². The van der Waals surface area contributed by atoms with Crippen LogP contribution in [-0.2, 0) is 9.59 Å². The number of carbonyl (C=O) groups is 2. The van der Waals surface area contributed by atoms with E-state index in [0.29, 0.717) is 17.3 Å². The van der Waals surface area contributed by atoms with E-state index >= 15 is 0 Å². The van der Waals surface area contributed by atoms with Crippen LogP contribution in [-0.4, -0.2) is 54.7 Å². The first-order chi connectivity index (χ1) is 16.7. The maximum absolute atomic E-state index is 12.3. The zero-order valence-corrected chi connectivity index (χ0v) is 24.0. The van der Waals surface area contributed by atoms with Gasteiger partial charge in [0.05, 0.1) is 27.2 Å². The number of hydrogen-bond donors (Lipinski definition) is 2. The number of hydrogen-bond acceptors (Lipinski definition) is 2. The number of rotatable bonds is 24. The molecule has 2 unspecified atom stereocenters. The molecule has 0 saturated heterocycles. The van der Waals surface area contributed by atoms with Gasteiger partial charge in [-0.2, -0.15) is 0 Å². The molecule has 5 heteroatoms. The number of nitrogens with one attached hydrogen (secondary N) is 1. The number of unbranched alkanes of at least 4 members (excludes halogenated alkanes) is 15. The zero-order valence-electron chi connectivity index (χ0n) is 24.0. The van der Waals surface area contributed by atoms with Gasteiger partial charge < -0.3 is 14.9 Å². The molecule has 206 valence electrons. The number of aliphatic carboxylic acids is 1. The molecule has 1 amide bonds. The summed E-state index contributed by atoms with van der Waals surface area (Å²) in [5.74, 6) is -0.873.